The number of halogens is 4. The number of aromatic nitrogens is 1. The van der Waals surface area contributed by atoms with E-state index in [0.29, 0.717) is 21.4 Å². The molecule has 0 aliphatic heterocycles. The van der Waals surface area contributed by atoms with E-state index in [4.69, 9.17) is 0 Å². The van der Waals surface area contributed by atoms with Gasteiger partial charge < -0.3 is 10.6 Å². The molecule has 0 spiro atoms. The van der Waals surface area contributed by atoms with Crippen LogP contribution in [0.4, 0.5) is 34.1 Å². The maximum absolute atomic E-state index is 12.9. The summed E-state index contributed by atoms with van der Waals surface area (Å²) in [7, 11) is 0. The summed E-state index contributed by atoms with van der Waals surface area (Å²) in [5.41, 5.74) is 0.531. The number of rotatable bonds is 4. The molecule has 27 heavy (non-hydrogen) atoms. The van der Waals surface area contributed by atoms with Gasteiger partial charge in [0, 0.05) is 11.4 Å². The number of aryl methyl sites for hydroxylation is 1. The Kier molecular flexibility index (Phi) is 5.13. The standard InChI is InChI=1S/C18H13F4N3OS/c1-10-15(27-17(23-10)25-14-8-4-12(19)5-9-14)16(26)24-13-6-2-11(3-7-13)18(20,21)22/h2-9H,1H3,(H,23,25)(H,24,26). The third kappa shape index (κ3) is 4.62. The Morgan fingerprint density at radius 1 is 1.00 bits per heavy atom. The quantitative estimate of drug-likeness (QED) is 0.565. The van der Waals surface area contributed by atoms with E-state index in [1.165, 1.54) is 36.4 Å². The Balaban J connectivity index is 1.71. The molecule has 1 amide bonds. The predicted octanol–water partition coefficient (Wildman–Crippen LogP) is 5.61. The maximum atomic E-state index is 12.9. The molecule has 0 bridgehead atoms. The van der Waals surface area contributed by atoms with Gasteiger partial charge in [-0.05, 0) is 55.5 Å². The molecule has 0 aliphatic carbocycles. The van der Waals surface area contributed by atoms with Gasteiger partial charge in [-0.1, -0.05) is 11.3 Å². The molecule has 1 heterocycles. The molecule has 0 aliphatic rings. The molecule has 9 heteroatoms. The van der Waals surface area contributed by atoms with E-state index in [1.54, 1.807) is 6.92 Å². The van der Waals surface area contributed by atoms with Crippen molar-refractivity contribution < 1.29 is 22.4 Å². The fourth-order valence-electron chi connectivity index (χ4n) is 2.25. The minimum atomic E-state index is -4.43. The highest BCUT2D eigenvalue weighted by atomic mass is 32.1. The molecule has 0 unspecified atom stereocenters. The molecular formula is C18H13F4N3OS. The highest BCUT2D eigenvalue weighted by Crippen LogP contribution is 2.30. The fraction of sp³-hybridized carbons (Fsp3) is 0.111. The van der Waals surface area contributed by atoms with Crippen molar-refractivity contribution in [3.8, 4) is 0 Å². The van der Waals surface area contributed by atoms with Crippen molar-refractivity contribution in [1.29, 1.82) is 0 Å². The summed E-state index contributed by atoms with van der Waals surface area (Å²) in [5, 5.41) is 5.96. The van der Waals surface area contributed by atoms with E-state index in [9.17, 15) is 22.4 Å². The number of thiazole rings is 1. The maximum Gasteiger partial charge on any atom is 0.416 e. The second-order valence-electron chi connectivity index (χ2n) is 5.59. The van der Waals surface area contributed by atoms with Gasteiger partial charge in [0.25, 0.3) is 5.91 Å². The van der Waals surface area contributed by atoms with Crippen molar-refractivity contribution in [1.82, 2.24) is 4.98 Å². The van der Waals surface area contributed by atoms with Gasteiger partial charge in [-0.15, -0.1) is 0 Å². The number of amides is 1. The third-order valence-corrected chi connectivity index (χ3v) is 4.64. The molecule has 2 N–H and O–H groups in total. The molecule has 140 valence electrons. The number of benzene rings is 2. The lowest BCUT2D eigenvalue weighted by Gasteiger charge is -2.08. The molecule has 0 fully saturated rings. The zero-order chi connectivity index (χ0) is 19.6. The molecule has 0 saturated carbocycles. The van der Waals surface area contributed by atoms with Crippen LogP contribution in [-0.2, 0) is 6.18 Å². The van der Waals surface area contributed by atoms with Gasteiger partial charge in [-0.25, -0.2) is 9.37 Å². The Morgan fingerprint density at radius 2 is 1.59 bits per heavy atom. The van der Waals surface area contributed by atoms with Gasteiger partial charge in [0.05, 0.1) is 11.3 Å². The first-order chi connectivity index (χ1) is 12.7. The minimum absolute atomic E-state index is 0.244. The molecule has 4 nitrogen and oxygen atoms in total. The normalized spacial score (nSPS) is 11.3. The van der Waals surface area contributed by atoms with Gasteiger partial charge >= 0.3 is 6.18 Å². The van der Waals surface area contributed by atoms with E-state index >= 15 is 0 Å². The molecule has 2 aromatic carbocycles. The van der Waals surface area contributed by atoms with Crippen molar-refractivity contribution in [2.75, 3.05) is 10.6 Å². The second kappa shape index (κ2) is 7.36. The van der Waals surface area contributed by atoms with Crippen LogP contribution in [0.1, 0.15) is 20.9 Å². The largest absolute Gasteiger partial charge is 0.416 e. The van der Waals surface area contributed by atoms with Crippen molar-refractivity contribution in [3.63, 3.8) is 0 Å². The Hall–Kier alpha value is -2.94. The van der Waals surface area contributed by atoms with Gasteiger partial charge in [0.15, 0.2) is 5.13 Å². The van der Waals surface area contributed by atoms with Gasteiger partial charge in [-0.2, -0.15) is 13.2 Å². The van der Waals surface area contributed by atoms with Crippen LogP contribution in [0.2, 0.25) is 0 Å². The van der Waals surface area contributed by atoms with Crippen LogP contribution in [-0.4, -0.2) is 10.9 Å². The van der Waals surface area contributed by atoms with Crippen LogP contribution >= 0.6 is 11.3 Å². The highest BCUT2D eigenvalue weighted by molar-refractivity contribution is 7.17. The number of nitrogens with one attached hydrogen (secondary N) is 2. The molecule has 3 rings (SSSR count). The van der Waals surface area contributed by atoms with Crippen molar-refractivity contribution in [2.24, 2.45) is 0 Å². The first-order valence-electron chi connectivity index (χ1n) is 7.71. The van der Waals surface area contributed by atoms with Crippen LogP contribution < -0.4 is 10.6 Å². The van der Waals surface area contributed by atoms with Gasteiger partial charge in [0.1, 0.15) is 10.7 Å². The number of carbonyl (C=O) groups is 1. The molecular weight excluding hydrogens is 382 g/mol. The van der Waals surface area contributed by atoms with Crippen LogP contribution in [0.15, 0.2) is 48.5 Å². The lowest BCUT2D eigenvalue weighted by Crippen LogP contribution is -2.12. The zero-order valence-electron chi connectivity index (χ0n) is 13.9. The molecule has 0 saturated heterocycles. The topological polar surface area (TPSA) is 54.0 Å². The summed E-state index contributed by atoms with van der Waals surface area (Å²) in [5.74, 6) is -0.843. The summed E-state index contributed by atoms with van der Waals surface area (Å²) in [6.07, 6.45) is -4.43. The summed E-state index contributed by atoms with van der Waals surface area (Å²) < 4.78 is 50.7. The van der Waals surface area contributed by atoms with Crippen molar-refractivity contribution in [2.45, 2.75) is 13.1 Å². The lowest BCUT2D eigenvalue weighted by molar-refractivity contribution is -0.137. The second-order valence-corrected chi connectivity index (χ2v) is 6.59. The number of alkyl halides is 3. The van der Waals surface area contributed by atoms with Crippen LogP contribution in [0.3, 0.4) is 0 Å². The number of hydrogen-bond donors (Lipinski definition) is 2. The number of hydrogen-bond acceptors (Lipinski definition) is 4. The van der Waals surface area contributed by atoms with E-state index in [0.717, 1.165) is 23.5 Å². The number of carbonyl (C=O) groups excluding carboxylic acids is 1. The molecule has 1 aromatic heterocycles. The minimum Gasteiger partial charge on any atom is -0.332 e. The molecule has 0 atom stereocenters. The van der Waals surface area contributed by atoms with E-state index < -0.39 is 17.6 Å². The highest BCUT2D eigenvalue weighted by Gasteiger charge is 2.30. The first-order valence-corrected chi connectivity index (χ1v) is 8.52. The molecule has 0 radical (unpaired) electrons. The monoisotopic (exact) mass is 395 g/mol. The van der Waals surface area contributed by atoms with Gasteiger partial charge in [0.2, 0.25) is 0 Å². The Bertz CT molecular complexity index is 950. The number of anilines is 3. The summed E-state index contributed by atoms with van der Waals surface area (Å²) in [4.78, 5) is 16.9. The summed E-state index contributed by atoms with van der Waals surface area (Å²) >= 11 is 1.09. The Morgan fingerprint density at radius 3 is 2.19 bits per heavy atom. The van der Waals surface area contributed by atoms with Crippen molar-refractivity contribution >= 4 is 33.8 Å². The van der Waals surface area contributed by atoms with Crippen LogP contribution in [0, 0.1) is 12.7 Å². The number of nitrogens with zero attached hydrogens (tertiary/aromatic N) is 1. The summed E-state index contributed by atoms with van der Waals surface area (Å²) in [6, 6.07) is 9.83. The van der Waals surface area contributed by atoms with E-state index in [1.807, 2.05) is 0 Å². The van der Waals surface area contributed by atoms with E-state index in [2.05, 4.69) is 15.6 Å². The average molecular weight is 395 g/mol. The lowest BCUT2D eigenvalue weighted by atomic mass is 10.2. The zero-order valence-corrected chi connectivity index (χ0v) is 14.7. The van der Waals surface area contributed by atoms with Gasteiger partial charge in [-0.3, -0.25) is 4.79 Å². The smallest absolute Gasteiger partial charge is 0.332 e. The molecule has 3 aromatic rings. The van der Waals surface area contributed by atoms with Crippen molar-refractivity contribution in [3.05, 3.63) is 70.5 Å². The fourth-order valence-corrected chi connectivity index (χ4v) is 3.13. The SMILES string of the molecule is Cc1nc(Nc2ccc(F)cc2)sc1C(=O)Nc1ccc(C(F)(F)F)cc1. The average Bonchev–Trinajstić information content (AvgIpc) is 2.97. The van der Waals surface area contributed by atoms with Crippen LogP contribution in [0.25, 0.3) is 0 Å². The summed E-state index contributed by atoms with van der Waals surface area (Å²) in [6.45, 7) is 1.65. The van der Waals surface area contributed by atoms with Crippen LogP contribution in [0.5, 0.6) is 0 Å². The predicted molar refractivity (Wildman–Crippen MR) is 95.9 cm³/mol. The first kappa shape index (κ1) is 18.8. The third-order valence-electron chi connectivity index (χ3n) is 3.57. The van der Waals surface area contributed by atoms with E-state index in [-0.39, 0.29) is 11.5 Å². The Labute approximate surface area is 155 Å².